The van der Waals surface area contributed by atoms with Gasteiger partial charge in [0.1, 0.15) is 11.5 Å². The molecule has 19 heavy (non-hydrogen) atoms. The van der Waals surface area contributed by atoms with E-state index in [1.54, 1.807) is 0 Å². The minimum atomic E-state index is -3.21. The van der Waals surface area contributed by atoms with E-state index in [0.29, 0.717) is 0 Å². The predicted molar refractivity (Wildman–Crippen MR) is 65.6 cm³/mol. The molecule has 0 saturated carbocycles. The summed E-state index contributed by atoms with van der Waals surface area (Å²) in [5.41, 5.74) is 5.16. The minimum absolute atomic E-state index is 0.00472. The summed E-state index contributed by atoms with van der Waals surface area (Å²) in [5, 5.41) is 9.89. The monoisotopic (exact) mass is 293 g/mol. The van der Waals surface area contributed by atoms with Crippen molar-refractivity contribution in [1.82, 2.24) is 20.0 Å². The topological polar surface area (TPSA) is 107 Å². The third-order valence-corrected chi connectivity index (χ3v) is 4.45. The number of nitrogens with one attached hydrogen (secondary N) is 1. The molecule has 0 amide bonds. The smallest absolute Gasteiger partial charge is 0.282 e. The largest absolute Gasteiger partial charge is 0.383 e. The zero-order valence-electron chi connectivity index (χ0n) is 10.1. The van der Waals surface area contributed by atoms with Crippen LogP contribution in [0.5, 0.6) is 0 Å². The highest BCUT2D eigenvalue weighted by molar-refractivity contribution is 7.91. The van der Waals surface area contributed by atoms with Gasteiger partial charge < -0.3 is 5.73 Å². The third-order valence-electron chi connectivity index (χ3n) is 2.76. The van der Waals surface area contributed by atoms with Gasteiger partial charge >= 0.3 is 0 Å². The van der Waals surface area contributed by atoms with Crippen LogP contribution in [-0.2, 0) is 16.4 Å². The molecule has 0 radical (unpaired) electrons. The van der Waals surface area contributed by atoms with E-state index < -0.39 is 22.0 Å². The molecule has 0 fully saturated rings. The Labute approximate surface area is 107 Å². The molecule has 10 heteroatoms. The van der Waals surface area contributed by atoms with E-state index in [1.807, 2.05) is 0 Å². The molecule has 2 aromatic rings. The molecule has 0 atom stereocenters. The van der Waals surface area contributed by atoms with E-state index in [-0.39, 0.29) is 34.9 Å². The van der Waals surface area contributed by atoms with Gasteiger partial charge in [0.15, 0.2) is 15.5 Å². The second-order valence-electron chi connectivity index (χ2n) is 3.98. The van der Waals surface area contributed by atoms with Crippen LogP contribution < -0.4 is 5.73 Å². The van der Waals surface area contributed by atoms with E-state index in [2.05, 4.69) is 15.3 Å². The Morgan fingerprint density at radius 3 is 2.74 bits per heavy atom. The number of fused-ring (bicyclic) bond motifs is 1. The highest BCUT2D eigenvalue weighted by Gasteiger charge is 2.23. The Bertz CT molecular complexity index is 691. The van der Waals surface area contributed by atoms with Crippen molar-refractivity contribution >= 4 is 26.7 Å². The van der Waals surface area contributed by atoms with Crippen LogP contribution in [0, 0.1) is 0 Å². The van der Waals surface area contributed by atoms with E-state index in [1.165, 1.54) is 6.92 Å². The molecule has 0 saturated heterocycles. The van der Waals surface area contributed by atoms with Gasteiger partial charge in [-0.1, -0.05) is 6.92 Å². The lowest BCUT2D eigenvalue weighted by molar-refractivity contribution is 0.146. The molecule has 0 unspecified atom stereocenters. The zero-order valence-corrected chi connectivity index (χ0v) is 10.9. The molecule has 0 spiro atoms. The van der Waals surface area contributed by atoms with Crippen molar-refractivity contribution in [3.05, 3.63) is 5.69 Å². The Balaban J connectivity index is 2.39. The number of sulfone groups is 1. The van der Waals surface area contributed by atoms with Crippen LogP contribution in [0.1, 0.15) is 19.0 Å². The van der Waals surface area contributed by atoms with Crippen LogP contribution in [0.25, 0.3) is 11.0 Å². The third kappa shape index (κ3) is 2.53. The van der Waals surface area contributed by atoms with E-state index >= 15 is 0 Å². The molecule has 106 valence electrons. The normalized spacial score (nSPS) is 12.6. The molecule has 3 N–H and O–H groups in total. The number of H-pyrrole nitrogens is 1. The maximum atomic E-state index is 12.8. The summed E-state index contributed by atoms with van der Waals surface area (Å²) in [6, 6.07) is 0. The number of hydrogen-bond acceptors (Lipinski definition) is 5. The number of halogens is 2. The molecule has 2 aromatic heterocycles. The van der Waals surface area contributed by atoms with Gasteiger partial charge in [-0.3, -0.25) is 5.10 Å². The van der Waals surface area contributed by atoms with Crippen molar-refractivity contribution in [1.29, 1.82) is 0 Å². The van der Waals surface area contributed by atoms with Gasteiger partial charge in [0.2, 0.25) is 0 Å². The molecule has 0 aliphatic carbocycles. The number of nitrogens with two attached hydrogens (primary N) is 1. The molecule has 0 aliphatic heterocycles. The number of aryl methyl sites for hydroxylation is 1. The first-order valence-corrected chi connectivity index (χ1v) is 7.36. The quantitative estimate of drug-likeness (QED) is 0.844. The number of nitrogens with zero attached hydrogens (tertiary/aromatic N) is 3. The number of aromatic nitrogens is 4. The van der Waals surface area contributed by atoms with Gasteiger partial charge in [-0.25, -0.2) is 21.9 Å². The fourth-order valence-corrected chi connectivity index (χ4v) is 2.43. The molecule has 2 rings (SSSR count). The highest BCUT2D eigenvalue weighted by atomic mass is 32.2. The number of hydrogen-bond donors (Lipinski definition) is 2. The van der Waals surface area contributed by atoms with Crippen molar-refractivity contribution < 1.29 is 17.2 Å². The number of anilines is 1. The summed E-state index contributed by atoms with van der Waals surface area (Å²) in [4.78, 5) is 0. The van der Waals surface area contributed by atoms with Gasteiger partial charge in [0, 0.05) is 5.75 Å². The average Bonchev–Trinajstić information content (AvgIpc) is 2.89. The van der Waals surface area contributed by atoms with Crippen molar-refractivity contribution in [2.24, 2.45) is 0 Å². The average molecular weight is 293 g/mol. The Morgan fingerprint density at radius 1 is 1.47 bits per heavy atom. The van der Waals surface area contributed by atoms with Gasteiger partial charge in [-0.05, 0) is 0 Å². The van der Waals surface area contributed by atoms with Gasteiger partial charge in [0.05, 0.1) is 17.7 Å². The van der Waals surface area contributed by atoms with E-state index in [0.717, 1.165) is 4.68 Å². The van der Waals surface area contributed by atoms with Gasteiger partial charge in [-0.15, -0.1) is 0 Å². The van der Waals surface area contributed by atoms with Crippen molar-refractivity contribution in [3.63, 3.8) is 0 Å². The number of alkyl halides is 2. The van der Waals surface area contributed by atoms with Crippen molar-refractivity contribution in [3.8, 4) is 0 Å². The fraction of sp³-hybridized carbons (Fsp3) is 0.556. The van der Waals surface area contributed by atoms with Crippen LogP contribution >= 0.6 is 0 Å². The van der Waals surface area contributed by atoms with Crippen LogP contribution in [0.2, 0.25) is 0 Å². The summed E-state index contributed by atoms with van der Waals surface area (Å²) in [5.74, 6) is -0.202. The van der Waals surface area contributed by atoms with Crippen LogP contribution in [0.4, 0.5) is 14.6 Å². The van der Waals surface area contributed by atoms with Gasteiger partial charge in [0.25, 0.3) is 6.43 Å². The first kappa shape index (κ1) is 13.7. The Morgan fingerprint density at radius 2 is 2.16 bits per heavy atom. The van der Waals surface area contributed by atoms with E-state index in [9.17, 15) is 17.2 Å². The number of aromatic amines is 1. The van der Waals surface area contributed by atoms with Crippen molar-refractivity contribution in [2.45, 2.75) is 19.9 Å². The summed E-state index contributed by atoms with van der Waals surface area (Å²) in [7, 11) is -3.21. The lowest BCUT2D eigenvalue weighted by Crippen LogP contribution is -2.15. The van der Waals surface area contributed by atoms with Crippen molar-refractivity contribution in [2.75, 3.05) is 17.2 Å². The molecular weight excluding hydrogens is 280 g/mol. The van der Waals surface area contributed by atoms with Crippen LogP contribution in [-0.4, -0.2) is 39.9 Å². The first-order valence-electron chi connectivity index (χ1n) is 5.54. The summed E-state index contributed by atoms with van der Waals surface area (Å²) < 4.78 is 49.6. The highest BCUT2D eigenvalue weighted by Crippen LogP contribution is 2.29. The lowest BCUT2D eigenvalue weighted by atomic mass is 10.3. The summed E-state index contributed by atoms with van der Waals surface area (Å²) in [6.45, 7) is 1.48. The van der Waals surface area contributed by atoms with E-state index in [4.69, 9.17) is 5.73 Å². The predicted octanol–water partition coefficient (Wildman–Crippen LogP) is 0.714. The molecule has 0 bridgehead atoms. The van der Waals surface area contributed by atoms with Crippen LogP contribution in [0.3, 0.4) is 0 Å². The maximum absolute atomic E-state index is 12.8. The fourth-order valence-electron chi connectivity index (χ4n) is 1.69. The maximum Gasteiger partial charge on any atom is 0.282 e. The standard InChI is InChI=1S/C9H13F2N5O2S/c1-2-19(17,18)4-3-16-9-5(8(12)13-14-9)6(15-16)7(10)11/h7H,2-4H2,1H3,(H3,12,13,14). The number of rotatable bonds is 5. The number of nitrogen functional groups attached to an aromatic ring is 1. The second kappa shape index (κ2) is 4.76. The molecule has 0 aliphatic rings. The van der Waals surface area contributed by atoms with Gasteiger partial charge in [-0.2, -0.15) is 10.2 Å². The SMILES string of the molecule is CCS(=O)(=O)CCn1nc(C(F)F)c2c(N)[nH]nc21. The minimum Gasteiger partial charge on any atom is -0.383 e. The first-order chi connectivity index (χ1) is 8.85. The Hall–Kier alpha value is -1.71. The molecule has 2 heterocycles. The van der Waals surface area contributed by atoms with Crippen LogP contribution in [0.15, 0.2) is 0 Å². The molecule has 7 nitrogen and oxygen atoms in total. The molecule has 0 aromatic carbocycles. The Kier molecular flexibility index (Phi) is 3.43. The summed E-state index contributed by atoms with van der Waals surface area (Å²) in [6.07, 6.45) is -2.80. The zero-order chi connectivity index (χ0) is 14.2. The lowest BCUT2D eigenvalue weighted by Gasteiger charge is -2.02. The summed E-state index contributed by atoms with van der Waals surface area (Å²) >= 11 is 0. The molecular formula is C9H13F2N5O2S. The second-order valence-corrected chi connectivity index (χ2v) is 6.45.